The van der Waals surface area contributed by atoms with E-state index in [0.717, 1.165) is 5.06 Å². The van der Waals surface area contributed by atoms with Crippen molar-refractivity contribution in [1.29, 1.82) is 0 Å². The maximum Gasteiger partial charge on any atom is 0.573 e. The van der Waals surface area contributed by atoms with Crippen molar-refractivity contribution >= 4 is 5.91 Å². The Labute approximate surface area is 148 Å². The van der Waals surface area contributed by atoms with Gasteiger partial charge in [-0.15, -0.1) is 13.2 Å². The van der Waals surface area contributed by atoms with Gasteiger partial charge in [0.2, 0.25) is 0 Å². The molecule has 9 heteroatoms. The highest BCUT2D eigenvalue weighted by Gasteiger charge is 2.31. The fourth-order valence-electron chi connectivity index (χ4n) is 2.15. The van der Waals surface area contributed by atoms with E-state index in [4.69, 9.17) is 9.57 Å². The van der Waals surface area contributed by atoms with Crippen molar-refractivity contribution in [3.8, 4) is 22.8 Å². The number of aromatic nitrogens is 1. The molecule has 0 unspecified atom stereocenters. The molecule has 0 fully saturated rings. The van der Waals surface area contributed by atoms with Crippen molar-refractivity contribution in [3.63, 3.8) is 0 Å². The number of benzene rings is 1. The van der Waals surface area contributed by atoms with Crippen molar-refractivity contribution in [2.75, 3.05) is 20.8 Å². The number of hydrogen-bond donors (Lipinski definition) is 0. The van der Waals surface area contributed by atoms with Crippen molar-refractivity contribution in [1.82, 2.24) is 10.0 Å². The molecule has 1 aromatic heterocycles. The van der Waals surface area contributed by atoms with Crippen LogP contribution in [0.4, 0.5) is 13.2 Å². The predicted molar refractivity (Wildman–Crippen MR) is 86.6 cm³/mol. The van der Waals surface area contributed by atoms with E-state index in [0.29, 0.717) is 11.3 Å². The first kappa shape index (κ1) is 19.5. The van der Waals surface area contributed by atoms with Crippen LogP contribution in [0.3, 0.4) is 0 Å². The van der Waals surface area contributed by atoms with E-state index in [1.54, 1.807) is 13.0 Å². The molecule has 1 heterocycles. The Balaban J connectivity index is 2.42. The minimum atomic E-state index is -4.80. The zero-order valence-electron chi connectivity index (χ0n) is 14.3. The smallest absolute Gasteiger partial charge is 0.497 e. The zero-order valence-corrected chi connectivity index (χ0v) is 14.3. The summed E-state index contributed by atoms with van der Waals surface area (Å²) in [4.78, 5) is 21.7. The Morgan fingerprint density at radius 3 is 2.54 bits per heavy atom. The first-order valence-electron chi connectivity index (χ1n) is 7.56. The molecule has 0 spiro atoms. The van der Waals surface area contributed by atoms with Gasteiger partial charge in [-0.05, 0) is 19.1 Å². The minimum Gasteiger partial charge on any atom is -0.497 e. The molecule has 0 saturated carbocycles. The zero-order chi connectivity index (χ0) is 19.3. The van der Waals surface area contributed by atoms with Gasteiger partial charge in [-0.3, -0.25) is 9.63 Å². The molecule has 140 valence electrons. The Kier molecular flexibility index (Phi) is 6.04. The highest BCUT2D eigenvalue weighted by atomic mass is 19.4. The molecule has 0 aliphatic rings. The second kappa shape index (κ2) is 8.05. The summed E-state index contributed by atoms with van der Waals surface area (Å²) in [6, 6.07) is 8.21. The van der Waals surface area contributed by atoms with E-state index in [-0.39, 0.29) is 23.7 Å². The molecule has 2 rings (SSSR count). The number of ether oxygens (including phenoxy) is 2. The molecule has 0 saturated heterocycles. The van der Waals surface area contributed by atoms with Gasteiger partial charge in [-0.25, -0.2) is 10.0 Å². The normalized spacial score (nSPS) is 11.2. The third-order valence-corrected chi connectivity index (χ3v) is 3.23. The topological polar surface area (TPSA) is 60.9 Å². The van der Waals surface area contributed by atoms with Gasteiger partial charge in [0.05, 0.1) is 19.4 Å². The number of carbonyl (C=O) groups is 1. The quantitative estimate of drug-likeness (QED) is 0.726. The lowest BCUT2D eigenvalue weighted by molar-refractivity contribution is -0.274. The van der Waals surface area contributed by atoms with E-state index < -0.39 is 12.3 Å². The highest BCUT2D eigenvalue weighted by Crippen LogP contribution is 2.29. The molecular formula is C17H17F3N2O4. The highest BCUT2D eigenvalue weighted by molar-refractivity contribution is 5.92. The predicted octanol–water partition coefficient (Wildman–Crippen LogP) is 3.68. The summed E-state index contributed by atoms with van der Waals surface area (Å²) in [6.07, 6.45) is -4.80. The van der Waals surface area contributed by atoms with Gasteiger partial charge in [-0.2, -0.15) is 0 Å². The van der Waals surface area contributed by atoms with Gasteiger partial charge >= 0.3 is 6.36 Å². The number of pyridine rings is 1. The first-order valence-corrected chi connectivity index (χ1v) is 7.56. The first-order chi connectivity index (χ1) is 12.2. The second-order valence-electron chi connectivity index (χ2n) is 5.07. The lowest BCUT2D eigenvalue weighted by atomic mass is 10.1. The molecule has 0 N–H and O–H groups in total. The number of alkyl halides is 3. The van der Waals surface area contributed by atoms with Crippen LogP contribution in [0.1, 0.15) is 17.4 Å². The number of hydroxylamine groups is 2. The van der Waals surface area contributed by atoms with E-state index in [2.05, 4.69) is 9.72 Å². The minimum absolute atomic E-state index is 0.0254. The standard InChI is InChI=1S/C17H17F3N2O4/c1-4-25-22(2)16(23)15-10-13(24-3)9-14(21-15)11-6-5-7-12(8-11)26-17(18,19)20/h5-10H,4H2,1-3H3. The van der Waals surface area contributed by atoms with Crippen LogP contribution in [0.2, 0.25) is 0 Å². The van der Waals surface area contributed by atoms with Gasteiger partial charge in [-0.1, -0.05) is 12.1 Å². The van der Waals surface area contributed by atoms with Crippen molar-refractivity contribution < 1.29 is 32.3 Å². The van der Waals surface area contributed by atoms with E-state index >= 15 is 0 Å². The van der Waals surface area contributed by atoms with Crippen LogP contribution >= 0.6 is 0 Å². The largest absolute Gasteiger partial charge is 0.573 e. The Bertz CT molecular complexity index is 781. The van der Waals surface area contributed by atoms with Crippen molar-refractivity contribution in [2.45, 2.75) is 13.3 Å². The fraction of sp³-hybridized carbons (Fsp3) is 0.294. The van der Waals surface area contributed by atoms with Crippen LogP contribution in [-0.2, 0) is 4.84 Å². The number of methoxy groups -OCH3 is 1. The number of halogens is 3. The lowest BCUT2D eigenvalue weighted by Crippen LogP contribution is -2.27. The average molecular weight is 370 g/mol. The van der Waals surface area contributed by atoms with Crippen LogP contribution in [0.15, 0.2) is 36.4 Å². The molecular weight excluding hydrogens is 353 g/mol. The third kappa shape index (κ3) is 5.09. The summed E-state index contributed by atoms with van der Waals surface area (Å²) in [7, 11) is 2.84. The van der Waals surface area contributed by atoms with Crippen LogP contribution in [0.5, 0.6) is 11.5 Å². The maximum absolute atomic E-state index is 12.4. The van der Waals surface area contributed by atoms with Gasteiger partial charge in [0.25, 0.3) is 5.91 Å². The van der Waals surface area contributed by atoms with E-state index in [1.807, 2.05) is 0 Å². The number of hydrogen-bond acceptors (Lipinski definition) is 5. The van der Waals surface area contributed by atoms with Gasteiger partial charge < -0.3 is 9.47 Å². The second-order valence-corrected chi connectivity index (χ2v) is 5.07. The molecule has 1 aromatic carbocycles. The molecule has 0 aliphatic carbocycles. The summed E-state index contributed by atoms with van der Waals surface area (Å²) in [5, 5.41) is 1.02. The summed E-state index contributed by atoms with van der Waals surface area (Å²) in [5.74, 6) is -0.584. The maximum atomic E-state index is 12.4. The molecule has 26 heavy (non-hydrogen) atoms. The molecule has 0 aliphatic heterocycles. The molecule has 1 amide bonds. The Hall–Kier alpha value is -2.81. The van der Waals surface area contributed by atoms with Crippen LogP contribution in [0.25, 0.3) is 11.3 Å². The Morgan fingerprint density at radius 1 is 1.19 bits per heavy atom. The number of amides is 1. The molecule has 2 aromatic rings. The monoisotopic (exact) mass is 370 g/mol. The molecule has 0 radical (unpaired) electrons. The lowest BCUT2D eigenvalue weighted by Gasteiger charge is -2.16. The Morgan fingerprint density at radius 2 is 1.92 bits per heavy atom. The van der Waals surface area contributed by atoms with Crippen molar-refractivity contribution in [2.24, 2.45) is 0 Å². The van der Waals surface area contributed by atoms with Gasteiger partial charge in [0, 0.05) is 24.7 Å². The molecule has 6 nitrogen and oxygen atoms in total. The van der Waals surface area contributed by atoms with E-state index in [9.17, 15) is 18.0 Å². The summed E-state index contributed by atoms with van der Waals surface area (Å²) in [6.45, 7) is 2.01. The van der Waals surface area contributed by atoms with Gasteiger partial charge in [0.15, 0.2) is 0 Å². The summed E-state index contributed by atoms with van der Waals surface area (Å²) >= 11 is 0. The molecule has 0 bridgehead atoms. The van der Waals surface area contributed by atoms with Crippen molar-refractivity contribution in [3.05, 3.63) is 42.1 Å². The van der Waals surface area contributed by atoms with Crippen LogP contribution in [0, 0.1) is 0 Å². The van der Waals surface area contributed by atoms with Crippen LogP contribution < -0.4 is 9.47 Å². The molecule has 0 atom stereocenters. The fourth-order valence-corrected chi connectivity index (χ4v) is 2.15. The number of rotatable bonds is 6. The summed E-state index contributed by atoms with van der Waals surface area (Å²) in [5.41, 5.74) is 0.612. The van der Waals surface area contributed by atoms with Crippen LogP contribution in [-0.4, -0.2) is 43.1 Å². The average Bonchev–Trinajstić information content (AvgIpc) is 2.59. The summed E-state index contributed by atoms with van der Waals surface area (Å²) < 4.78 is 46.3. The van der Waals surface area contributed by atoms with Gasteiger partial charge in [0.1, 0.15) is 17.2 Å². The SMILES string of the molecule is CCON(C)C(=O)c1cc(OC)cc(-c2cccc(OC(F)(F)F)c2)n1. The number of nitrogens with zero attached hydrogens (tertiary/aromatic N) is 2. The third-order valence-electron chi connectivity index (χ3n) is 3.23. The number of carbonyl (C=O) groups excluding carboxylic acids is 1. The van der Waals surface area contributed by atoms with E-state index in [1.165, 1.54) is 44.5 Å².